The fraction of sp³-hybridized carbons (Fsp3) is 0.364. The van der Waals surface area contributed by atoms with Gasteiger partial charge in [-0.15, -0.1) is 0 Å². The molecule has 0 aliphatic rings. The van der Waals surface area contributed by atoms with Gasteiger partial charge in [-0.1, -0.05) is 74.5 Å². The van der Waals surface area contributed by atoms with Gasteiger partial charge in [0.15, 0.2) is 5.78 Å². The van der Waals surface area contributed by atoms with Crippen LogP contribution in [0.3, 0.4) is 0 Å². The number of benzene rings is 2. The summed E-state index contributed by atoms with van der Waals surface area (Å²) in [6.07, 6.45) is 1.09. The molecule has 2 N–H and O–H groups in total. The van der Waals surface area contributed by atoms with Crippen LogP contribution in [-0.4, -0.2) is 30.8 Å². The summed E-state index contributed by atoms with van der Waals surface area (Å²) in [5.74, 6) is -0.228. The third-order valence-corrected chi connectivity index (χ3v) is 4.46. The molecule has 0 bridgehead atoms. The molecule has 26 heavy (non-hydrogen) atoms. The Kier molecular flexibility index (Phi) is 7.54. The molecule has 0 spiro atoms. The number of carbonyl (C=O) groups is 2. The number of ketones is 1. The molecule has 0 aliphatic heterocycles. The van der Waals surface area contributed by atoms with E-state index >= 15 is 0 Å². The van der Waals surface area contributed by atoms with Gasteiger partial charge in [0.25, 0.3) is 0 Å². The summed E-state index contributed by atoms with van der Waals surface area (Å²) in [4.78, 5) is 25.4. The second-order valence-corrected chi connectivity index (χ2v) is 6.84. The maximum Gasteiger partial charge on any atom is 0.238 e. The third kappa shape index (κ3) is 5.81. The van der Waals surface area contributed by atoms with Gasteiger partial charge in [0, 0.05) is 5.92 Å². The van der Waals surface area contributed by atoms with E-state index in [2.05, 4.69) is 10.6 Å². The lowest BCUT2D eigenvalue weighted by molar-refractivity contribution is -0.130. The first-order chi connectivity index (χ1) is 12.5. The Bertz CT molecular complexity index is 699. The van der Waals surface area contributed by atoms with E-state index in [0.717, 1.165) is 11.1 Å². The number of hydrogen-bond acceptors (Lipinski definition) is 3. The molecule has 0 saturated heterocycles. The van der Waals surface area contributed by atoms with Crippen LogP contribution in [-0.2, 0) is 22.4 Å². The zero-order valence-electron chi connectivity index (χ0n) is 15.7. The van der Waals surface area contributed by atoms with Gasteiger partial charge in [-0.3, -0.25) is 9.59 Å². The Morgan fingerprint density at radius 3 is 1.69 bits per heavy atom. The number of amides is 1. The first kappa shape index (κ1) is 19.9. The van der Waals surface area contributed by atoms with Gasteiger partial charge in [0.2, 0.25) is 5.91 Å². The molecule has 0 fully saturated rings. The van der Waals surface area contributed by atoms with Crippen LogP contribution >= 0.6 is 0 Å². The highest BCUT2D eigenvalue weighted by atomic mass is 16.2. The van der Waals surface area contributed by atoms with Crippen molar-refractivity contribution in [1.82, 2.24) is 10.6 Å². The van der Waals surface area contributed by atoms with E-state index in [1.165, 1.54) is 0 Å². The molecular formula is C22H28N2O2. The largest absolute Gasteiger partial charge is 0.345 e. The van der Waals surface area contributed by atoms with Gasteiger partial charge in [-0.05, 0) is 31.0 Å². The quantitative estimate of drug-likeness (QED) is 0.730. The Balaban J connectivity index is 2.09. The van der Waals surface area contributed by atoms with Crippen LogP contribution in [0.15, 0.2) is 60.7 Å². The lowest BCUT2D eigenvalue weighted by Crippen LogP contribution is -2.51. The van der Waals surface area contributed by atoms with Crippen LogP contribution in [0.5, 0.6) is 0 Å². The number of Topliss-reactive ketones (excluding diaryl/α,β-unsaturated/α-hetero) is 1. The van der Waals surface area contributed by atoms with Crippen LogP contribution < -0.4 is 10.6 Å². The van der Waals surface area contributed by atoms with E-state index in [-0.39, 0.29) is 23.7 Å². The Morgan fingerprint density at radius 2 is 1.27 bits per heavy atom. The van der Waals surface area contributed by atoms with Crippen LogP contribution in [0.1, 0.15) is 25.0 Å². The molecule has 138 valence electrons. The molecule has 0 saturated carbocycles. The van der Waals surface area contributed by atoms with E-state index in [1.807, 2.05) is 74.5 Å². The summed E-state index contributed by atoms with van der Waals surface area (Å²) < 4.78 is 0. The lowest BCUT2D eigenvalue weighted by Gasteiger charge is -2.23. The fourth-order valence-corrected chi connectivity index (χ4v) is 2.92. The number of likely N-dealkylation sites (N-methyl/N-ethyl adjacent to an activating group) is 1. The summed E-state index contributed by atoms with van der Waals surface area (Å²) in [7, 11) is 1.77. The Morgan fingerprint density at radius 1 is 0.808 bits per heavy atom. The average molecular weight is 352 g/mol. The molecule has 0 radical (unpaired) electrons. The maximum atomic E-state index is 12.8. The van der Waals surface area contributed by atoms with Crippen molar-refractivity contribution in [3.05, 3.63) is 71.8 Å². The third-order valence-electron chi connectivity index (χ3n) is 4.46. The summed E-state index contributed by atoms with van der Waals surface area (Å²) in [5.41, 5.74) is 2.12. The van der Waals surface area contributed by atoms with Gasteiger partial charge in [0.05, 0.1) is 12.1 Å². The standard InChI is InChI=1S/C22H28N2O2/c1-16(2)21(25)19(14-17-10-6-4-7-11-17)24-22(26)20(23-3)15-18-12-8-5-9-13-18/h4-13,16,19-20,23H,14-15H2,1-3H3,(H,24,26). The van der Waals surface area contributed by atoms with Gasteiger partial charge in [-0.25, -0.2) is 0 Å². The van der Waals surface area contributed by atoms with Crippen molar-refractivity contribution in [1.29, 1.82) is 0 Å². The van der Waals surface area contributed by atoms with Crippen LogP contribution in [0.2, 0.25) is 0 Å². The number of hydrogen-bond donors (Lipinski definition) is 2. The van der Waals surface area contributed by atoms with Crippen molar-refractivity contribution in [2.24, 2.45) is 5.92 Å². The minimum atomic E-state index is -0.517. The van der Waals surface area contributed by atoms with E-state index < -0.39 is 6.04 Å². The van der Waals surface area contributed by atoms with Crippen molar-refractivity contribution in [2.75, 3.05) is 7.05 Å². The minimum absolute atomic E-state index is 0.0526. The second-order valence-electron chi connectivity index (χ2n) is 6.84. The first-order valence-corrected chi connectivity index (χ1v) is 9.10. The monoisotopic (exact) mass is 352 g/mol. The zero-order chi connectivity index (χ0) is 18.9. The van der Waals surface area contributed by atoms with Gasteiger partial charge in [0.1, 0.15) is 0 Å². The molecule has 2 rings (SSSR count). The van der Waals surface area contributed by atoms with Crippen molar-refractivity contribution in [3.8, 4) is 0 Å². The predicted molar refractivity (Wildman–Crippen MR) is 105 cm³/mol. The topological polar surface area (TPSA) is 58.2 Å². The molecule has 0 aromatic heterocycles. The van der Waals surface area contributed by atoms with Gasteiger partial charge >= 0.3 is 0 Å². The molecule has 1 amide bonds. The van der Waals surface area contributed by atoms with Crippen molar-refractivity contribution >= 4 is 11.7 Å². The molecule has 0 aliphatic carbocycles. The SMILES string of the molecule is CNC(Cc1ccccc1)C(=O)NC(Cc1ccccc1)C(=O)C(C)C. The minimum Gasteiger partial charge on any atom is -0.345 e. The van der Waals surface area contributed by atoms with Crippen LogP contribution in [0, 0.1) is 5.92 Å². The summed E-state index contributed by atoms with van der Waals surface area (Å²) in [5, 5.41) is 6.03. The normalized spacial score (nSPS) is 13.2. The predicted octanol–water partition coefficient (Wildman–Crippen LogP) is 2.77. The summed E-state index contributed by atoms with van der Waals surface area (Å²) >= 11 is 0. The van der Waals surface area contributed by atoms with E-state index in [9.17, 15) is 9.59 Å². The zero-order valence-corrected chi connectivity index (χ0v) is 15.7. The molecule has 2 unspecified atom stereocenters. The van der Waals surface area contributed by atoms with Gasteiger partial charge in [-0.2, -0.15) is 0 Å². The number of nitrogens with one attached hydrogen (secondary N) is 2. The Labute approximate surface area is 156 Å². The summed E-state index contributed by atoms with van der Waals surface area (Å²) in [6, 6.07) is 18.8. The highest BCUT2D eigenvalue weighted by Gasteiger charge is 2.26. The second kappa shape index (κ2) is 9.88. The Hall–Kier alpha value is -2.46. The van der Waals surface area contributed by atoms with Crippen molar-refractivity contribution in [2.45, 2.75) is 38.8 Å². The molecule has 2 aromatic carbocycles. The fourth-order valence-electron chi connectivity index (χ4n) is 2.92. The summed E-state index contributed by atoms with van der Waals surface area (Å²) in [6.45, 7) is 3.73. The van der Waals surface area contributed by atoms with E-state index in [4.69, 9.17) is 0 Å². The van der Waals surface area contributed by atoms with Crippen LogP contribution in [0.25, 0.3) is 0 Å². The lowest BCUT2D eigenvalue weighted by atomic mass is 9.95. The van der Waals surface area contributed by atoms with E-state index in [1.54, 1.807) is 7.05 Å². The smallest absolute Gasteiger partial charge is 0.238 e. The molecule has 4 nitrogen and oxygen atoms in total. The highest BCUT2D eigenvalue weighted by Crippen LogP contribution is 2.10. The van der Waals surface area contributed by atoms with Crippen molar-refractivity contribution in [3.63, 3.8) is 0 Å². The average Bonchev–Trinajstić information content (AvgIpc) is 2.66. The molecule has 2 atom stereocenters. The molecule has 2 aromatic rings. The van der Waals surface area contributed by atoms with Gasteiger partial charge < -0.3 is 10.6 Å². The molecule has 4 heteroatoms. The van der Waals surface area contributed by atoms with Crippen LogP contribution in [0.4, 0.5) is 0 Å². The number of carbonyl (C=O) groups excluding carboxylic acids is 2. The number of rotatable bonds is 9. The highest BCUT2D eigenvalue weighted by molar-refractivity contribution is 5.92. The maximum absolute atomic E-state index is 12.8. The van der Waals surface area contributed by atoms with E-state index in [0.29, 0.717) is 12.8 Å². The molecular weight excluding hydrogens is 324 g/mol. The first-order valence-electron chi connectivity index (χ1n) is 9.10. The molecule has 0 heterocycles. The van der Waals surface area contributed by atoms with Crippen molar-refractivity contribution < 1.29 is 9.59 Å².